The number of halogens is 2. The van der Waals surface area contributed by atoms with Gasteiger partial charge in [-0.1, -0.05) is 23.2 Å². The summed E-state index contributed by atoms with van der Waals surface area (Å²) in [7, 11) is 0. The van der Waals surface area contributed by atoms with E-state index in [4.69, 9.17) is 32.7 Å². The number of hydrogen-bond donors (Lipinski definition) is 1. The summed E-state index contributed by atoms with van der Waals surface area (Å²) in [6, 6.07) is 5.26. The second-order valence-electron chi connectivity index (χ2n) is 3.72. The molecule has 102 valence electrons. The fraction of sp³-hybridized carbons (Fsp3) is 0.538. The van der Waals surface area contributed by atoms with E-state index >= 15 is 0 Å². The highest BCUT2D eigenvalue weighted by molar-refractivity contribution is 6.42. The summed E-state index contributed by atoms with van der Waals surface area (Å²) >= 11 is 11.7. The molecule has 0 saturated heterocycles. The van der Waals surface area contributed by atoms with Gasteiger partial charge in [0.05, 0.1) is 10.0 Å². The molecule has 0 unspecified atom stereocenters. The molecule has 1 rings (SSSR count). The number of ether oxygens (including phenoxy) is 2. The molecule has 3 nitrogen and oxygen atoms in total. The highest BCUT2D eigenvalue weighted by Gasteiger charge is 1.99. The molecular formula is C13H19Cl2NO2. The first-order chi connectivity index (χ1) is 8.74. The minimum absolute atomic E-state index is 0.513. The van der Waals surface area contributed by atoms with E-state index in [9.17, 15) is 0 Å². The maximum atomic E-state index is 5.88. The average Bonchev–Trinajstić information content (AvgIpc) is 2.37. The average molecular weight is 292 g/mol. The maximum Gasteiger partial charge on any atom is 0.120 e. The summed E-state index contributed by atoms with van der Waals surface area (Å²) in [5, 5.41) is 4.33. The van der Waals surface area contributed by atoms with E-state index < -0.39 is 0 Å². The Labute approximate surface area is 118 Å². The Bertz CT molecular complexity index is 348. The van der Waals surface area contributed by atoms with Crippen LogP contribution in [0.15, 0.2) is 18.2 Å². The van der Waals surface area contributed by atoms with Gasteiger partial charge in [-0.2, -0.15) is 0 Å². The smallest absolute Gasteiger partial charge is 0.120 e. The normalized spacial score (nSPS) is 10.6. The van der Waals surface area contributed by atoms with Crippen LogP contribution in [-0.4, -0.2) is 32.9 Å². The molecule has 5 heteroatoms. The van der Waals surface area contributed by atoms with Crippen molar-refractivity contribution in [1.82, 2.24) is 5.32 Å². The standard InChI is InChI=1S/C13H19Cl2NO2/c1-2-17-8-3-6-16-7-9-18-11-4-5-12(14)13(15)10-11/h4-5,10,16H,2-3,6-9H2,1H3. The molecule has 1 aromatic carbocycles. The number of nitrogens with one attached hydrogen (secondary N) is 1. The lowest BCUT2D eigenvalue weighted by molar-refractivity contribution is 0.144. The van der Waals surface area contributed by atoms with Crippen LogP contribution in [0.2, 0.25) is 10.0 Å². The maximum absolute atomic E-state index is 5.88. The predicted molar refractivity (Wildman–Crippen MR) is 75.9 cm³/mol. The van der Waals surface area contributed by atoms with Crippen molar-refractivity contribution in [3.63, 3.8) is 0 Å². The van der Waals surface area contributed by atoms with Crippen LogP contribution in [0.4, 0.5) is 0 Å². The van der Waals surface area contributed by atoms with E-state index in [1.807, 2.05) is 13.0 Å². The molecule has 0 amide bonds. The van der Waals surface area contributed by atoms with Gasteiger partial charge in [0.2, 0.25) is 0 Å². The fourth-order valence-electron chi connectivity index (χ4n) is 1.38. The van der Waals surface area contributed by atoms with Crippen molar-refractivity contribution in [2.75, 3.05) is 32.9 Å². The summed E-state index contributed by atoms with van der Waals surface area (Å²) in [6.07, 6.45) is 1.01. The highest BCUT2D eigenvalue weighted by Crippen LogP contribution is 2.26. The van der Waals surface area contributed by atoms with Crippen molar-refractivity contribution < 1.29 is 9.47 Å². The zero-order chi connectivity index (χ0) is 13.2. The number of benzene rings is 1. The second kappa shape index (κ2) is 9.45. The molecule has 1 aromatic rings. The fourth-order valence-corrected chi connectivity index (χ4v) is 1.66. The molecule has 0 fully saturated rings. The Morgan fingerprint density at radius 2 is 1.94 bits per heavy atom. The van der Waals surface area contributed by atoms with Gasteiger partial charge in [0.1, 0.15) is 12.4 Å². The highest BCUT2D eigenvalue weighted by atomic mass is 35.5. The summed E-state index contributed by atoms with van der Waals surface area (Å²) in [4.78, 5) is 0. The molecule has 0 aromatic heterocycles. The van der Waals surface area contributed by atoms with Gasteiger partial charge >= 0.3 is 0 Å². The number of rotatable bonds is 9. The third-order valence-corrected chi connectivity index (χ3v) is 3.02. The first-order valence-electron chi connectivity index (χ1n) is 6.10. The zero-order valence-electron chi connectivity index (χ0n) is 10.5. The lowest BCUT2D eigenvalue weighted by atomic mass is 10.3. The van der Waals surface area contributed by atoms with Gasteiger partial charge in [0.25, 0.3) is 0 Å². The molecule has 1 N–H and O–H groups in total. The summed E-state index contributed by atoms with van der Waals surface area (Å²) in [5.41, 5.74) is 0. The molecule has 0 aliphatic heterocycles. The van der Waals surface area contributed by atoms with Crippen LogP contribution in [-0.2, 0) is 4.74 Å². The van der Waals surface area contributed by atoms with Crippen LogP contribution in [0, 0.1) is 0 Å². The van der Waals surface area contributed by atoms with Crippen molar-refractivity contribution in [3.8, 4) is 5.75 Å². The van der Waals surface area contributed by atoms with Crippen molar-refractivity contribution in [2.45, 2.75) is 13.3 Å². The van der Waals surface area contributed by atoms with Crippen LogP contribution < -0.4 is 10.1 Å². The SMILES string of the molecule is CCOCCCNCCOc1ccc(Cl)c(Cl)c1. The lowest BCUT2D eigenvalue weighted by Crippen LogP contribution is -2.23. The van der Waals surface area contributed by atoms with Crippen LogP contribution in [0.5, 0.6) is 5.75 Å². The van der Waals surface area contributed by atoms with E-state index in [0.29, 0.717) is 16.7 Å². The van der Waals surface area contributed by atoms with Gasteiger partial charge in [-0.15, -0.1) is 0 Å². The molecule has 0 atom stereocenters. The Hall–Kier alpha value is -0.480. The second-order valence-corrected chi connectivity index (χ2v) is 4.54. The van der Waals surface area contributed by atoms with Crippen molar-refractivity contribution in [2.24, 2.45) is 0 Å². The summed E-state index contributed by atoms with van der Waals surface area (Å²) < 4.78 is 10.8. The van der Waals surface area contributed by atoms with Crippen LogP contribution in [0.25, 0.3) is 0 Å². The Balaban J connectivity index is 2.05. The van der Waals surface area contributed by atoms with E-state index in [-0.39, 0.29) is 0 Å². The molecule has 0 aliphatic carbocycles. The third-order valence-electron chi connectivity index (χ3n) is 2.28. The van der Waals surface area contributed by atoms with Crippen LogP contribution in [0.3, 0.4) is 0 Å². The topological polar surface area (TPSA) is 30.5 Å². The minimum atomic E-state index is 0.513. The van der Waals surface area contributed by atoms with Gasteiger partial charge in [0, 0.05) is 25.8 Å². The molecule has 0 spiro atoms. The van der Waals surface area contributed by atoms with E-state index in [1.54, 1.807) is 12.1 Å². The Kier molecular flexibility index (Phi) is 8.18. The number of hydrogen-bond acceptors (Lipinski definition) is 3. The van der Waals surface area contributed by atoms with Crippen molar-refractivity contribution in [3.05, 3.63) is 28.2 Å². The van der Waals surface area contributed by atoms with Crippen molar-refractivity contribution >= 4 is 23.2 Å². The van der Waals surface area contributed by atoms with Gasteiger partial charge in [-0.05, 0) is 32.0 Å². The lowest BCUT2D eigenvalue weighted by Gasteiger charge is -2.08. The molecular weight excluding hydrogens is 273 g/mol. The van der Waals surface area contributed by atoms with Gasteiger partial charge in [0.15, 0.2) is 0 Å². The zero-order valence-corrected chi connectivity index (χ0v) is 12.1. The molecule has 0 radical (unpaired) electrons. The first-order valence-corrected chi connectivity index (χ1v) is 6.86. The minimum Gasteiger partial charge on any atom is -0.492 e. The van der Waals surface area contributed by atoms with Crippen LogP contribution >= 0.6 is 23.2 Å². The van der Waals surface area contributed by atoms with E-state index in [1.165, 1.54) is 0 Å². The van der Waals surface area contributed by atoms with Crippen LogP contribution in [0.1, 0.15) is 13.3 Å². The predicted octanol–water partition coefficient (Wildman–Crippen LogP) is 3.39. The van der Waals surface area contributed by atoms with Crippen molar-refractivity contribution in [1.29, 1.82) is 0 Å². The quantitative estimate of drug-likeness (QED) is 0.708. The molecule has 0 aliphatic rings. The van der Waals surface area contributed by atoms with Gasteiger partial charge < -0.3 is 14.8 Å². The molecule has 0 heterocycles. The Morgan fingerprint density at radius 3 is 2.67 bits per heavy atom. The molecule has 0 bridgehead atoms. The molecule has 0 saturated carbocycles. The largest absolute Gasteiger partial charge is 0.492 e. The molecule has 18 heavy (non-hydrogen) atoms. The summed E-state index contributed by atoms with van der Waals surface area (Å²) in [6.45, 7) is 5.92. The third kappa shape index (κ3) is 6.45. The van der Waals surface area contributed by atoms with Gasteiger partial charge in [-0.3, -0.25) is 0 Å². The summed E-state index contributed by atoms with van der Waals surface area (Å²) in [5.74, 6) is 0.737. The van der Waals surface area contributed by atoms with E-state index in [2.05, 4.69) is 5.32 Å². The van der Waals surface area contributed by atoms with Gasteiger partial charge in [-0.25, -0.2) is 0 Å². The first kappa shape index (κ1) is 15.6. The monoisotopic (exact) mass is 291 g/mol. The van der Waals surface area contributed by atoms with E-state index in [0.717, 1.165) is 38.5 Å². The Morgan fingerprint density at radius 1 is 1.11 bits per heavy atom.